The van der Waals surface area contributed by atoms with Gasteiger partial charge >= 0.3 is 6.03 Å². The summed E-state index contributed by atoms with van der Waals surface area (Å²) >= 11 is 1.46. The first kappa shape index (κ1) is 15.3. The Balaban J connectivity index is 1.78. The van der Waals surface area contributed by atoms with E-state index < -0.39 is 0 Å². The number of hydrogen-bond donors (Lipinski definition) is 2. The molecule has 2 aromatic carbocycles. The van der Waals surface area contributed by atoms with Gasteiger partial charge in [-0.05, 0) is 30.2 Å². The smallest absolute Gasteiger partial charge is 0.325 e. The molecule has 118 valence electrons. The van der Waals surface area contributed by atoms with Crippen LogP contribution in [0.4, 0.5) is 15.6 Å². The number of aromatic nitrogens is 1. The van der Waals surface area contributed by atoms with Crippen LogP contribution in [0.25, 0.3) is 10.2 Å². The highest BCUT2D eigenvalue weighted by Crippen LogP contribution is 2.29. The van der Waals surface area contributed by atoms with Crippen LogP contribution in [0.2, 0.25) is 0 Å². The van der Waals surface area contributed by atoms with Crippen molar-refractivity contribution in [3.63, 3.8) is 0 Å². The first-order valence-corrected chi connectivity index (χ1v) is 8.12. The Morgan fingerprint density at radius 3 is 2.78 bits per heavy atom. The molecule has 0 bridgehead atoms. The molecule has 3 aromatic rings. The lowest BCUT2D eigenvalue weighted by Crippen LogP contribution is -2.19. The molecule has 0 saturated heterocycles. The molecule has 2 N–H and O–H groups in total. The van der Waals surface area contributed by atoms with Crippen molar-refractivity contribution in [3.8, 4) is 5.75 Å². The van der Waals surface area contributed by atoms with Gasteiger partial charge in [-0.1, -0.05) is 42.5 Å². The summed E-state index contributed by atoms with van der Waals surface area (Å²) in [4.78, 5) is 16.7. The topological polar surface area (TPSA) is 63.2 Å². The number of nitrogens with one attached hydrogen (secondary N) is 2. The van der Waals surface area contributed by atoms with Crippen LogP contribution in [0.3, 0.4) is 0 Å². The third kappa shape index (κ3) is 3.27. The summed E-state index contributed by atoms with van der Waals surface area (Å²) < 4.78 is 6.29. The highest BCUT2D eigenvalue weighted by Gasteiger charge is 2.11. The van der Waals surface area contributed by atoms with Crippen LogP contribution in [0, 0.1) is 0 Å². The second-order valence-corrected chi connectivity index (χ2v) is 5.95. The number of aryl methyl sites for hydroxylation is 1. The van der Waals surface area contributed by atoms with Crippen molar-refractivity contribution in [2.45, 2.75) is 13.3 Å². The summed E-state index contributed by atoms with van der Waals surface area (Å²) in [7, 11) is 1.57. The first-order valence-electron chi connectivity index (χ1n) is 7.30. The number of ether oxygens (including phenoxy) is 1. The Kier molecular flexibility index (Phi) is 4.43. The summed E-state index contributed by atoms with van der Waals surface area (Å²) in [6, 6.07) is 13.0. The van der Waals surface area contributed by atoms with E-state index in [1.54, 1.807) is 19.2 Å². The molecular weight excluding hydrogens is 310 g/mol. The SMILES string of the molecule is CCc1cccc2sc(NC(=O)Nc3ccccc3OC)nc12. The van der Waals surface area contributed by atoms with Crippen LogP contribution < -0.4 is 15.4 Å². The number of carbonyl (C=O) groups excluding carboxylic acids is 1. The van der Waals surface area contributed by atoms with Gasteiger partial charge in [0.2, 0.25) is 0 Å². The summed E-state index contributed by atoms with van der Waals surface area (Å²) in [5.41, 5.74) is 2.74. The van der Waals surface area contributed by atoms with Gasteiger partial charge in [0.15, 0.2) is 5.13 Å². The van der Waals surface area contributed by atoms with Gasteiger partial charge in [0.05, 0.1) is 23.0 Å². The molecule has 1 aromatic heterocycles. The molecule has 0 saturated carbocycles. The van der Waals surface area contributed by atoms with Crippen molar-refractivity contribution in [2.75, 3.05) is 17.7 Å². The zero-order valence-corrected chi connectivity index (χ0v) is 13.7. The fourth-order valence-corrected chi connectivity index (χ4v) is 3.25. The van der Waals surface area contributed by atoms with Crippen LogP contribution >= 0.6 is 11.3 Å². The van der Waals surface area contributed by atoms with Gasteiger partial charge in [-0.25, -0.2) is 9.78 Å². The summed E-state index contributed by atoms with van der Waals surface area (Å²) in [6.45, 7) is 2.09. The van der Waals surface area contributed by atoms with Crippen molar-refractivity contribution in [1.29, 1.82) is 0 Å². The molecule has 2 amide bonds. The van der Waals surface area contributed by atoms with Crippen LogP contribution in [0.15, 0.2) is 42.5 Å². The second-order valence-electron chi connectivity index (χ2n) is 4.92. The molecule has 1 heterocycles. The molecule has 0 aliphatic carbocycles. The van der Waals surface area contributed by atoms with Crippen LogP contribution in [0.5, 0.6) is 5.75 Å². The molecular formula is C17H17N3O2S. The van der Waals surface area contributed by atoms with E-state index in [1.807, 2.05) is 24.3 Å². The number of rotatable bonds is 4. The van der Waals surface area contributed by atoms with E-state index >= 15 is 0 Å². The lowest BCUT2D eigenvalue weighted by Gasteiger charge is -2.09. The van der Waals surface area contributed by atoms with Gasteiger partial charge < -0.3 is 10.1 Å². The number of urea groups is 1. The Hall–Kier alpha value is -2.60. The maximum atomic E-state index is 12.2. The normalized spacial score (nSPS) is 10.5. The molecule has 0 aliphatic heterocycles. The molecule has 5 nitrogen and oxygen atoms in total. The third-order valence-corrected chi connectivity index (χ3v) is 4.40. The average molecular weight is 327 g/mol. The molecule has 0 radical (unpaired) electrons. The molecule has 0 unspecified atom stereocenters. The number of fused-ring (bicyclic) bond motifs is 1. The minimum absolute atomic E-state index is 0.341. The van der Waals surface area contributed by atoms with Gasteiger partial charge in [0, 0.05) is 0 Å². The van der Waals surface area contributed by atoms with Crippen molar-refractivity contribution in [1.82, 2.24) is 4.98 Å². The van der Waals surface area contributed by atoms with E-state index in [4.69, 9.17) is 4.74 Å². The monoisotopic (exact) mass is 327 g/mol. The van der Waals surface area contributed by atoms with E-state index in [-0.39, 0.29) is 6.03 Å². The minimum atomic E-state index is -0.341. The van der Waals surface area contributed by atoms with E-state index in [2.05, 4.69) is 28.6 Å². The standard InChI is InChI=1S/C17H17N3O2S/c1-3-11-7-6-10-14-15(11)19-17(23-14)20-16(21)18-12-8-4-5-9-13(12)22-2/h4-10H,3H2,1-2H3,(H2,18,19,20,21). The Labute approximate surface area is 138 Å². The number of para-hydroxylation sites is 3. The maximum Gasteiger partial charge on any atom is 0.325 e. The Bertz CT molecular complexity index is 845. The molecule has 23 heavy (non-hydrogen) atoms. The summed E-state index contributed by atoms with van der Waals surface area (Å²) in [5.74, 6) is 0.611. The number of hydrogen-bond acceptors (Lipinski definition) is 4. The molecule has 0 fully saturated rings. The third-order valence-electron chi connectivity index (χ3n) is 3.46. The second kappa shape index (κ2) is 6.66. The lowest BCUT2D eigenvalue weighted by molar-refractivity contribution is 0.262. The number of carbonyl (C=O) groups is 1. The summed E-state index contributed by atoms with van der Waals surface area (Å²) in [6.07, 6.45) is 0.911. The zero-order valence-electron chi connectivity index (χ0n) is 12.9. The quantitative estimate of drug-likeness (QED) is 0.741. The fourth-order valence-electron chi connectivity index (χ4n) is 2.34. The van der Waals surface area contributed by atoms with Gasteiger partial charge in [0.25, 0.3) is 0 Å². The Morgan fingerprint density at radius 2 is 2.00 bits per heavy atom. The predicted octanol–water partition coefficient (Wildman–Crippen LogP) is 4.51. The lowest BCUT2D eigenvalue weighted by atomic mass is 10.1. The predicted molar refractivity (Wildman–Crippen MR) is 94.6 cm³/mol. The molecule has 0 spiro atoms. The molecule has 3 rings (SSSR count). The fraction of sp³-hybridized carbons (Fsp3) is 0.176. The number of amides is 2. The minimum Gasteiger partial charge on any atom is -0.495 e. The average Bonchev–Trinajstić information content (AvgIpc) is 2.97. The van der Waals surface area contributed by atoms with Gasteiger partial charge in [0.1, 0.15) is 5.75 Å². The van der Waals surface area contributed by atoms with Crippen LogP contribution in [-0.2, 0) is 6.42 Å². The van der Waals surface area contributed by atoms with Crippen molar-refractivity contribution in [2.24, 2.45) is 0 Å². The largest absolute Gasteiger partial charge is 0.495 e. The first-order chi connectivity index (χ1) is 11.2. The summed E-state index contributed by atoms with van der Waals surface area (Å²) in [5, 5.41) is 6.14. The van der Waals surface area contributed by atoms with E-state index in [9.17, 15) is 4.79 Å². The van der Waals surface area contributed by atoms with Gasteiger partial charge in [-0.2, -0.15) is 0 Å². The van der Waals surface area contributed by atoms with Crippen molar-refractivity contribution in [3.05, 3.63) is 48.0 Å². The van der Waals surface area contributed by atoms with E-state index in [0.717, 1.165) is 16.6 Å². The van der Waals surface area contributed by atoms with E-state index in [1.165, 1.54) is 16.9 Å². The molecule has 6 heteroatoms. The zero-order chi connectivity index (χ0) is 16.2. The van der Waals surface area contributed by atoms with Crippen molar-refractivity contribution < 1.29 is 9.53 Å². The number of anilines is 2. The maximum absolute atomic E-state index is 12.2. The van der Waals surface area contributed by atoms with E-state index in [0.29, 0.717) is 16.6 Å². The number of methoxy groups -OCH3 is 1. The van der Waals surface area contributed by atoms with Crippen molar-refractivity contribution >= 4 is 38.4 Å². The number of thiazole rings is 1. The number of nitrogens with zero attached hydrogens (tertiary/aromatic N) is 1. The highest BCUT2D eigenvalue weighted by molar-refractivity contribution is 7.22. The molecule has 0 atom stereocenters. The highest BCUT2D eigenvalue weighted by atomic mass is 32.1. The van der Waals surface area contributed by atoms with Gasteiger partial charge in [-0.3, -0.25) is 5.32 Å². The van der Waals surface area contributed by atoms with Gasteiger partial charge in [-0.15, -0.1) is 0 Å². The number of benzene rings is 2. The van der Waals surface area contributed by atoms with Crippen LogP contribution in [0.1, 0.15) is 12.5 Å². The molecule has 0 aliphatic rings. The van der Waals surface area contributed by atoms with Crippen LogP contribution in [-0.4, -0.2) is 18.1 Å². The Morgan fingerprint density at radius 1 is 1.17 bits per heavy atom.